The normalized spacial score (nSPS) is 17.6. The molecule has 4 heterocycles. The van der Waals surface area contributed by atoms with Gasteiger partial charge in [0.1, 0.15) is 17.5 Å². The Bertz CT molecular complexity index is 971. The number of aromatic nitrogens is 6. The van der Waals surface area contributed by atoms with E-state index in [4.69, 9.17) is 10.1 Å². The van der Waals surface area contributed by atoms with Gasteiger partial charge in [-0.1, -0.05) is 13.8 Å². The molecule has 2 fully saturated rings. The maximum atomic E-state index is 4.80. The zero-order valence-corrected chi connectivity index (χ0v) is 15.9. The summed E-state index contributed by atoms with van der Waals surface area (Å²) in [4.78, 5) is 13.6. The van der Waals surface area contributed by atoms with Gasteiger partial charge in [0.25, 0.3) is 0 Å². The standard InChI is InChI=1S/C19H24N8/c1-12(2)18-20-9-8-15(21-18)25(3)14-10-26(11-14)17-7-6-16-22-23-19(13-4-5-13)27(16)24-17/h6-9,12-14H,4-5,10-11H2,1-3H3. The summed E-state index contributed by atoms with van der Waals surface area (Å²) in [5.74, 6) is 4.73. The predicted molar refractivity (Wildman–Crippen MR) is 103 cm³/mol. The number of hydrogen-bond donors (Lipinski definition) is 0. The van der Waals surface area contributed by atoms with Crippen molar-refractivity contribution in [2.75, 3.05) is 29.9 Å². The van der Waals surface area contributed by atoms with Gasteiger partial charge < -0.3 is 9.80 Å². The van der Waals surface area contributed by atoms with Crippen LogP contribution in [0.15, 0.2) is 24.4 Å². The van der Waals surface area contributed by atoms with E-state index in [-0.39, 0.29) is 0 Å². The van der Waals surface area contributed by atoms with Crippen molar-refractivity contribution in [3.63, 3.8) is 0 Å². The van der Waals surface area contributed by atoms with E-state index in [2.05, 4.69) is 45.9 Å². The van der Waals surface area contributed by atoms with Gasteiger partial charge in [-0.25, -0.2) is 9.97 Å². The molecule has 0 spiro atoms. The van der Waals surface area contributed by atoms with E-state index in [0.717, 1.165) is 42.0 Å². The Balaban J connectivity index is 1.31. The van der Waals surface area contributed by atoms with Crippen LogP contribution in [0, 0.1) is 0 Å². The molecule has 0 unspecified atom stereocenters. The minimum atomic E-state index is 0.330. The van der Waals surface area contributed by atoms with Crippen LogP contribution in [0.5, 0.6) is 0 Å². The van der Waals surface area contributed by atoms with Crippen molar-refractivity contribution in [1.29, 1.82) is 0 Å². The molecular formula is C19H24N8. The third kappa shape index (κ3) is 2.89. The zero-order chi connectivity index (χ0) is 18.5. The quantitative estimate of drug-likeness (QED) is 0.687. The molecule has 0 aromatic carbocycles. The van der Waals surface area contributed by atoms with Crippen LogP contribution >= 0.6 is 0 Å². The Labute approximate surface area is 158 Å². The van der Waals surface area contributed by atoms with Crippen molar-refractivity contribution in [2.45, 2.75) is 44.6 Å². The number of hydrogen-bond acceptors (Lipinski definition) is 7. The lowest BCUT2D eigenvalue weighted by molar-refractivity contribution is 0.486. The Morgan fingerprint density at radius 1 is 1.11 bits per heavy atom. The monoisotopic (exact) mass is 364 g/mol. The van der Waals surface area contributed by atoms with Gasteiger partial charge in [0.15, 0.2) is 11.5 Å². The van der Waals surface area contributed by atoms with Crippen LogP contribution in [0.2, 0.25) is 0 Å². The highest BCUT2D eigenvalue weighted by molar-refractivity contribution is 5.51. The van der Waals surface area contributed by atoms with E-state index >= 15 is 0 Å². The summed E-state index contributed by atoms with van der Waals surface area (Å²) >= 11 is 0. The number of rotatable bonds is 5. The van der Waals surface area contributed by atoms with Gasteiger partial charge in [-0.05, 0) is 31.0 Å². The molecule has 27 heavy (non-hydrogen) atoms. The number of nitrogens with zero attached hydrogens (tertiary/aromatic N) is 8. The van der Waals surface area contributed by atoms with Gasteiger partial charge in [-0.2, -0.15) is 4.52 Å². The summed E-state index contributed by atoms with van der Waals surface area (Å²) in [6.07, 6.45) is 4.24. The second-order valence-corrected chi connectivity index (χ2v) is 7.89. The topological polar surface area (TPSA) is 75.3 Å². The smallest absolute Gasteiger partial charge is 0.178 e. The van der Waals surface area contributed by atoms with E-state index < -0.39 is 0 Å². The molecule has 0 radical (unpaired) electrons. The first-order valence-electron chi connectivity index (χ1n) is 9.63. The highest BCUT2D eigenvalue weighted by Gasteiger charge is 2.33. The van der Waals surface area contributed by atoms with Gasteiger partial charge in [0, 0.05) is 38.2 Å². The first-order chi connectivity index (χ1) is 13.1. The summed E-state index contributed by atoms with van der Waals surface area (Å²) < 4.78 is 1.92. The van der Waals surface area contributed by atoms with Crippen molar-refractivity contribution < 1.29 is 0 Å². The fraction of sp³-hybridized carbons (Fsp3) is 0.526. The Morgan fingerprint density at radius 2 is 1.93 bits per heavy atom. The molecular weight excluding hydrogens is 340 g/mol. The summed E-state index contributed by atoms with van der Waals surface area (Å²) in [5, 5.41) is 13.4. The van der Waals surface area contributed by atoms with Crippen LogP contribution in [0.3, 0.4) is 0 Å². The molecule has 8 heteroatoms. The molecule has 0 amide bonds. The summed E-state index contributed by atoms with van der Waals surface area (Å²) in [5.41, 5.74) is 0.831. The van der Waals surface area contributed by atoms with Gasteiger partial charge in [-0.3, -0.25) is 0 Å². The highest BCUT2D eigenvalue weighted by atomic mass is 15.4. The van der Waals surface area contributed by atoms with Crippen LogP contribution in [-0.2, 0) is 0 Å². The first kappa shape index (κ1) is 16.4. The van der Waals surface area contributed by atoms with E-state index in [0.29, 0.717) is 17.9 Å². The third-order valence-electron chi connectivity index (χ3n) is 5.49. The molecule has 1 aliphatic carbocycles. The average Bonchev–Trinajstić information content (AvgIpc) is 3.40. The summed E-state index contributed by atoms with van der Waals surface area (Å²) in [7, 11) is 2.11. The van der Waals surface area contributed by atoms with Crippen LogP contribution in [0.4, 0.5) is 11.6 Å². The second kappa shape index (κ2) is 6.14. The number of anilines is 2. The van der Waals surface area contributed by atoms with Gasteiger partial charge >= 0.3 is 0 Å². The maximum absolute atomic E-state index is 4.80. The number of fused-ring (bicyclic) bond motifs is 1. The molecule has 5 rings (SSSR count). The van der Waals surface area contributed by atoms with Crippen molar-refractivity contribution in [3.8, 4) is 0 Å². The highest BCUT2D eigenvalue weighted by Crippen LogP contribution is 2.39. The molecule has 3 aromatic rings. The Kier molecular flexibility index (Phi) is 3.73. The Morgan fingerprint density at radius 3 is 2.67 bits per heavy atom. The van der Waals surface area contributed by atoms with E-state index in [1.165, 1.54) is 12.8 Å². The van der Waals surface area contributed by atoms with Crippen molar-refractivity contribution in [1.82, 2.24) is 29.8 Å². The van der Waals surface area contributed by atoms with Crippen molar-refractivity contribution in [2.24, 2.45) is 0 Å². The molecule has 0 N–H and O–H groups in total. The SMILES string of the molecule is CC(C)c1nccc(N(C)C2CN(c3ccc4nnc(C5CC5)n4n3)C2)n1. The fourth-order valence-electron chi connectivity index (χ4n) is 3.47. The molecule has 3 aromatic heterocycles. The van der Waals surface area contributed by atoms with Gasteiger partial charge in [0.2, 0.25) is 0 Å². The van der Waals surface area contributed by atoms with Crippen LogP contribution in [-0.4, -0.2) is 56.0 Å². The third-order valence-corrected chi connectivity index (χ3v) is 5.49. The summed E-state index contributed by atoms with van der Waals surface area (Å²) in [6, 6.07) is 6.45. The molecule has 1 saturated carbocycles. The molecule has 8 nitrogen and oxygen atoms in total. The van der Waals surface area contributed by atoms with Crippen LogP contribution in [0.1, 0.15) is 50.2 Å². The van der Waals surface area contributed by atoms with Gasteiger partial charge in [-0.15, -0.1) is 15.3 Å². The maximum Gasteiger partial charge on any atom is 0.178 e. The largest absolute Gasteiger partial charge is 0.353 e. The van der Waals surface area contributed by atoms with Gasteiger partial charge in [0.05, 0.1) is 6.04 Å². The Hall–Kier alpha value is -2.77. The second-order valence-electron chi connectivity index (χ2n) is 7.89. The van der Waals surface area contributed by atoms with Crippen molar-refractivity contribution in [3.05, 3.63) is 36.0 Å². The zero-order valence-electron chi connectivity index (χ0n) is 15.9. The van der Waals surface area contributed by atoms with Crippen LogP contribution in [0.25, 0.3) is 5.65 Å². The minimum Gasteiger partial charge on any atom is -0.353 e. The predicted octanol–water partition coefficient (Wildman–Crippen LogP) is 2.24. The lowest BCUT2D eigenvalue weighted by Crippen LogP contribution is -2.59. The summed E-state index contributed by atoms with van der Waals surface area (Å²) in [6.45, 7) is 6.09. The van der Waals surface area contributed by atoms with E-state index in [1.807, 2.05) is 28.9 Å². The molecule has 0 atom stereocenters. The molecule has 1 aliphatic heterocycles. The first-order valence-corrected chi connectivity index (χ1v) is 9.63. The van der Waals surface area contributed by atoms with Crippen molar-refractivity contribution >= 4 is 17.3 Å². The molecule has 0 bridgehead atoms. The molecule has 2 aliphatic rings. The fourth-order valence-corrected chi connectivity index (χ4v) is 3.47. The molecule has 140 valence electrons. The van der Waals surface area contributed by atoms with E-state index in [1.54, 1.807) is 0 Å². The minimum absolute atomic E-state index is 0.330. The lowest BCUT2D eigenvalue weighted by Gasteiger charge is -2.45. The number of likely N-dealkylation sites (N-methyl/N-ethyl adjacent to an activating group) is 1. The average molecular weight is 364 g/mol. The van der Waals surface area contributed by atoms with Crippen LogP contribution < -0.4 is 9.80 Å². The molecule has 1 saturated heterocycles. The van der Waals surface area contributed by atoms with E-state index in [9.17, 15) is 0 Å². The lowest BCUT2D eigenvalue weighted by atomic mass is 10.1.